The molecule has 1 fully saturated rings. The lowest BCUT2D eigenvalue weighted by Gasteiger charge is -1.92. The van der Waals surface area contributed by atoms with E-state index in [0.29, 0.717) is 24.9 Å². The second kappa shape index (κ2) is 3.73. The lowest BCUT2D eigenvalue weighted by molar-refractivity contribution is 0.0801. The summed E-state index contributed by atoms with van der Waals surface area (Å²) in [4.78, 5) is 0. The maximum atomic E-state index is 10.9. The predicted molar refractivity (Wildman–Crippen MR) is 38.7 cm³/mol. The van der Waals surface area contributed by atoms with E-state index in [1.54, 1.807) is 5.41 Å². The van der Waals surface area contributed by atoms with Gasteiger partial charge in [-0.3, -0.25) is 4.21 Å². The molecule has 10 heavy (non-hydrogen) atoms. The zero-order valence-electron chi connectivity index (χ0n) is 5.83. The first-order valence-corrected chi connectivity index (χ1v) is 4.49. The molecule has 0 N–H and O–H groups in total. The van der Waals surface area contributed by atoms with E-state index in [9.17, 15) is 4.21 Å². The van der Waals surface area contributed by atoms with E-state index < -0.39 is 10.8 Å². The Labute approximate surface area is 62.5 Å². The molecular formula is C6H10O3S. The molecule has 1 heterocycles. The molecule has 0 amide bonds. The molecule has 0 aromatic carbocycles. The maximum absolute atomic E-state index is 10.9. The van der Waals surface area contributed by atoms with Gasteiger partial charge in [-0.1, -0.05) is 6.92 Å². The third kappa shape index (κ3) is 2.11. The minimum Gasteiger partial charge on any atom is -0.469 e. The summed E-state index contributed by atoms with van der Waals surface area (Å²) in [5.74, 6) is 1.33. The van der Waals surface area contributed by atoms with Gasteiger partial charge in [0.2, 0.25) is 0 Å². The number of hydrogen-bond acceptors (Lipinski definition) is 3. The van der Waals surface area contributed by atoms with Crippen molar-refractivity contribution in [3.05, 3.63) is 11.2 Å². The fraction of sp³-hybridized carbons (Fsp3) is 0.667. The van der Waals surface area contributed by atoms with E-state index in [1.807, 2.05) is 6.92 Å². The third-order valence-corrected chi connectivity index (χ3v) is 2.21. The molecule has 1 aliphatic heterocycles. The molecule has 58 valence electrons. The van der Waals surface area contributed by atoms with Crippen molar-refractivity contribution in [2.75, 3.05) is 19.2 Å². The smallest absolute Gasteiger partial charge is 0.189 e. The van der Waals surface area contributed by atoms with Gasteiger partial charge < -0.3 is 9.47 Å². The molecule has 0 spiro atoms. The zero-order valence-corrected chi connectivity index (χ0v) is 6.65. The molecule has 4 heteroatoms. The van der Waals surface area contributed by atoms with Crippen molar-refractivity contribution in [3.8, 4) is 0 Å². The lowest BCUT2D eigenvalue weighted by Crippen LogP contribution is -1.91. The topological polar surface area (TPSA) is 35.5 Å². The first-order chi connectivity index (χ1) is 4.83. The highest BCUT2D eigenvalue weighted by Crippen LogP contribution is 2.07. The SMILES string of the molecule is CCS(=O)C=C1COCO1. The van der Waals surface area contributed by atoms with Crippen molar-refractivity contribution in [3.63, 3.8) is 0 Å². The van der Waals surface area contributed by atoms with Crippen LogP contribution in [0.3, 0.4) is 0 Å². The van der Waals surface area contributed by atoms with Crippen LogP contribution in [0.5, 0.6) is 0 Å². The van der Waals surface area contributed by atoms with Crippen molar-refractivity contribution in [2.45, 2.75) is 6.92 Å². The average Bonchev–Trinajstić information content (AvgIpc) is 2.40. The summed E-state index contributed by atoms with van der Waals surface area (Å²) in [6, 6.07) is 0. The molecule has 0 aromatic rings. The van der Waals surface area contributed by atoms with Crippen molar-refractivity contribution in [1.82, 2.24) is 0 Å². The molecule has 1 rings (SSSR count). The Bertz CT molecular complexity index is 156. The van der Waals surface area contributed by atoms with Gasteiger partial charge in [0.1, 0.15) is 12.4 Å². The van der Waals surface area contributed by atoms with Crippen LogP contribution < -0.4 is 0 Å². The third-order valence-electron chi connectivity index (χ3n) is 1.12. The fourth-order valence-electron chi connectivity index (χ4n) is 0.599. The summed E-state index contributed by atoms with van der Waals surface area (Å²) in [6.45, 7) is 2.63. The number of ether oxygens (including phenoxy) is 2. The van der Waals surface area contributed by atoms with Gasteiger partial charge in [-0.25, -0.2) is 0 Å². The summed E-state index contributed by atoms with van der Waals surface area (Å²) in [7, 11) is -0.884. The van der Waals surface area contributed by atoms with E-state index in [-0.39, 0.29) is 0 Å². The number of hydrogen-bond donors (Lipinski definition) is 0. The Kier molecular flexibility index (Phi) is 2.89. The summed E-state index contributed by atoms with van der Waals surface area (Å²) in [5, 5.41) is 1.60. The highest BCUT2D eigenvalue weighted by atomic mass is 32.2. The molecule has 3 nitrogen and oxygen atoms in total. The van der Waals surface area contributed by atoms with Gasteiger partial charge in [0.05, 0.1) is 0 Å². The second-order valence-electron chi connectivity index (χ2n) is 1.86. The van der Waals surface area contributed by atoms with Gasteiger partial charge in [0.15, 0.2) is 6.79 Å². The molecule has 0 aromatic heterocycles. The highest BCUT2D eigenvalue weighted by molar-refractivity contribution is 7.87. The van der Waals surface area contributed by atoms with Crippen LogP contribution in [-0.4, -0.2) is 23.4 Å². The zero-order chi connectivity index (χ0) is 7.40. The summed E-state index contributed by atoms with van der Waals surface area (Å²) < 4.78 is 20.7. The Morgan fingerprint density at radius 2 is 2.60 bits per heavy atom. The molecular weight excluding hydrogens is 152 g/mol. The first-order valence-electron chi connectivity index (χ1n) is 3.11. The van der Waals surface area contributed by atoms with Crippen LogP contribution in [0, 0.1) is 0 Å². The van der Waals surface area contributed by atoms with Crippen LogP contribution >= 0.6 is 0 Å². The normalized spacial score (nSPS) is 24.7. The van der Waals surface area contributed by atoms with E-state index in [4.69, 9.17) is 9.47 Å². The Morgan fingerprint density at radius 3 is 3.10 bits per heavy atom. The quantitative estimate of drug-likeness (QED) is 0.596. The van der Waals surface area contributed by atoms with Crippen molar-refractivity contribution in [1.29, 1.82) is 0 Å². The predicted octanol–water partition coefficient (Wildman–Crippen LogP) is 0.601. The highest BCUT2D eigenvalue weighted by Gasteiger charge is 2.07. The molecule has 1 atom stereocenters. The summed E-state index contributed by atoms with van der Waals surface area (Å²) in [6.07, 6.45) is 0. The molecule has 0 bridgehead atoms. The fourth-order valence-corrected chi connectivity index (χ4v) is 1.20. The van der Waals surface area contributed by atoms with Gasteiger partial charge >= 0.3 is 0 Å². The molecule has 0 saturated carbocycles. The molecule has 1 aliphatic rings. The van der Waals surface area contributed by atoms with Crippen LogP contribution in [0.4, 0.5) is 0 Å². The monoisotopic (exact) mass is 162 g/mol. The first kappa shape index (κ1) is 7.75. The van der Waals surface area contributed by atoms with Crippen LogP contribution in [0.15, 0.2) is 11.2 Å². The van der Waals surface area contributed by atoms with Gasteiger partial charge in [0.25, 0.3) is 0 Å². The molecule has 0 aliphatic carbocycles. The Balaban J connectivity index is 2.45. The molecule has 1 saturated heterocycles. The second-order valence-corrected chi connectivity index (χ2v) is 3.44. The minimum atomic E-state index is -0.884. The van der Waals surface area contributed by atoms with Crippen LogP contribution in [-0.2, 0) is 20.3 Å². The van der Waals surface area contributed by atoms with E-state index in [2.05, 4.69) is 0 Å². The molecule has 0 radical (unpaired) electrons. The van der Waals surface area contributed by atoms with E-state index in [1.165, 1.54) is 0 Å². The van der Waals surface area contributed by atoms with Gasteiger partial charge in [0, 0.05) is 22.0 Å². The van der Waals surface area contributed by atoms with Crippen LogP contribution in [0.1, 0.15) is 6.92 Å². The molecule has 1 unspecified atom stereocenters. The van der Waals surface area contributed by atoms with Gasteiger partial charge in [-0.05, 0) is 0 Å². The van der Waals surface area contributed by atoms with E-state index in [0.717, 1.165) is 0 Å². The summed E-state index contributed by atoms with van der Waals surface area (Å²) >= 11 is 0. The number of rotatable bonds is 2. The van der Waals surface area contributed by atoms with Crippen molar-refractivity contribution in [2.24, 2.45) is 0 Å². The van der Waals surface area contributed by atoms with Crippen molar-refractivity contribution < 1.29 is 13.7 Å². The Hall–Kier alpha value is -0.350. The standard InChI is InChI=1S/C6H10O3S/c1-2-10(7)4-6-3-8-5-9-6/h4H,2-3,5H2,1H3. The lowest BCUT2D eigenvalue weighted by atomic mass is 10.6. The van der Waals surface area contributed by atoms with Gasteiger partial charge in [-0.2, -0.15) is 0 Å². The van der Waals surface area contributed by atoms with Crippen LogP contribution in [0.2, 0.25) is 0 Å². The van der Waals surface area contributed by atoms with Crippen molar-refractivity contribution >= 4 is 10.8 Å². The Morgan fingerprint density at radius 1 is 1.80 bits per heavy atom. The van der Waals surface area contributed by atoms with Gasteiger partial charge in [-0.15, -0.1) is 0 Å². The van der Waals surface area contributed by atoms with E-state index >= 15 is 0 Å². The van der Waals surface area contributed by atoms with Crippen LogP contribution in [0.25, 0.3) is 0 Å². The average molecular weight is 162 g/mol. The summed E-state index contributed by atoms with van der Waals surface area (Å²) in [5.41, 5.74) is 0. The largest absolute Gasteiger partial charge is 0.469 e. The minimum absolute atomic E-state index is 0.298. The maximum Gasteiger partial charge on any atom is 0.189 e.